The molecule has 0 aromatic heterocycles. The summed E-state index contributed by atoms with van der Waals surface area (Å²) in [4.78, 5) is 49.8. The Kier molecular flexibility index (Phi) is 4.13. The lowest BCUT2D eigenvalue weighted by molar-refractivity contribution is -0.135. The fourth-order valence-corrected chi connectivity index (χ4v) is 3.89. The van der Waals surface area contributed by atoms with Gasteiger partial charge in [0, 0.05) is 5.56 Å². The first-order chi connectivity index (χ1) is 12.9. The number of nitrogens with one attached hydrogen (secondary N) is 3. The molecule has 5 amide bonds. The van der Waals surface area contributed by atoms with Gasteiger partial charge in [-0.05, 0) is 68.2 Å². The molecule has 142 valence electrons. The maximum absolute atomic E-state index is 12.5. The topological polar surface area (TPSA) is 108 Å². The molecule has 0 radical (unpaired) electrons. The summed E-state index contributed by atoms with van der Waals surface area (Å²) in [5.74, 6) is -1.33. The zero-order chi connectivity index (χ0) is 19.2. The number of amides is 5. The van der Waals surface area contributed by atoms with E-state index in [1.165, 1.54) is 5.56 Å². The summed E-state index contributed by atoms with van der Waals surface area (Å²) >= 11 is 0. The highest BCUT2D eigenvalue weighted by atomic mass is 16.2. The molecule has 4 rings (SSSR count). The Morgan fingerprint density at radius 2 is 1.93 bits per heavy atom. The zero-order valence-electron chi connectivity index (χ0n) is 15.1. The van der Waals surface area contributed by atoms with E-state index < -0.39 is 35.8 Å². The molecule has 1 atom stereocenters. The van der Waals surface area contributed by atoms with Gasteiger partial charge in [-0.3, -0.25) is 30.1 Å². The van der Waals surface area contributed by atoms with Gasteiger partial charge in [-0.1, -0.05) is 6.07 Å². The largest absolute Gasteiger partial charge is 0.325 e. The summed E-state index contributed by atoms with van der Waals surface area (Å²) in [7, 11) is 0. The number of fused-ring (bicyclic) bond motifs is 1. The first-order valence-electron chi connectivity index (χ1n) is 9.23. The number of rotatable bonds is 4. The monoisotopic (exact) mass is 370 g/mol. The van der Waals surface area contributed by atoms with E-state index in [4.69, 9.17) is 0 Å². The molecule has 0 spiro atoms. The first kappa shape index (κ1) is 17.5. The van der Waals surface area contributed by atoms with Crippen LogP contribution in [0.15, 0.2) is 18.2 Å². The van der Waals surface area contributed by atoms with Crippen LogP contribution < -0.4 is 16.2 Å². The van der Waals surface area contributed by atoms with Crippen LogP contribution in [-0.2, 0) is 22.4 Å². The van der Waals surface area contributed by atoms with Gasteiger partial charge in [0.05, 0.1) is 0 Å². The quantitative estimate of drug-likeness (QED) is 0.534. The fourth-order valence-electron chi connectivity index (χ4n) is 3.89. The van der Waals surface area contributed by atoms with Crippen LogP contribution in [0, 0.1) is 5.92 Å². The van der Waals surface area contributed by atoms with Gasteiger partial charge in [0.25, 0.3) is 17.7 Å². The number of benzene rings is 1. The molecule has 3 N–H and O–H groups in total. The van der Waals surface area contributed by atoms with E-state index in [1.54, 1.807) is 13.0 Å². The summed E-state index contributed by atoms with van der Waals surface area (Å²) in [6.45, 7) is 1.26. The van der Waals surface area contributed by atoms with Crippen molar-refractivity contribution >= 4 is 23.8 Å². The molecule has 1 heterocycles. The highest BCUT2D eigenvalue weighted by Crippen LogP contribution is 2.42. The van der Waals surface area contributed by atoms with Crippen molar-refractivity contribution in [3.63, 3.8) is 0 Å². The molecule has 1 aliphatic heterocycles. The van der Waals surface area contributed by atoms with Gasteiger partial charge in [0.2, 0.25) is 0 Å². The maximum atomic E-state index is 12.5. The van der Waals surface area contributed by atoms with Crippen molar-refractivity contribution in [3.05, 3.63) is 34.9 Å². The number of hydrogen-bond acceptors (Lipinski definition) is 4. The lowest BCUT2D eigenvalue weighted by Gasteiger charge is -2.20. The Hall–Kier alpha value is -2.90. The van der Waals surface area contributed by atoms with Crippen molar-refractivity contribution in [2.24, 2.45) is 5.92 Å². The number of carbonyl (C=O) groups is 4. The number of imide groups is 1. The average molecular weight is 370 g/mol. The number of nitrogens with zero attached hydrogens (tertiary/aromatic N) is 1. The Labute approximate surface area is 156 Å². The normalized spacial score (nSPS) is 23.8. The zero-order valence-corrected chi connectivity index (χ0v) is 15.1. The standard InChI is InChI=1S/C19H22N4O4/c1-19(14-7-8-14)17(26)23(18(27)20-19)10-15(24)21-22-16(25)13-6-5-11-3-2-4-12(11)9-13/h5-6,9,14H,2-4,7-8,10H2,1H3,(H,20,27)(H,21,24)(H,22,25)/t19-/m1/s1. The summed E-state index contributed by atoms with van der Waals surface area (Å²) in [5.41, 5.74) is 6.57. The molecule has 2 fully saturated rings. The first-order valence-corrected chi connectivity index (χ1v) is 9.23. The number of aryl methyl sites for hydroxylation is 2. The highest BCUT2D eigenvalue weighted by molar-refractivity contribution is 6.09. The van der Waals surface area contributed by atoms with Crippen molar-refractivity contribution < 1.29 is 19.2 Å². The molecule has 1 saturated carbocycles. The van der Waals surface area contributed by atoms with E-state index in [0.717, 1.165) is 42.6 Å². The van der Waals surface area contributed by atoms with E-state index in [0.29, 0.717) is 5.56 Å². The number of hydrazine groups is 1. The van der Waals surface area contributed by atoms with Gasteiger partial charge in [-0.25, -0.2) is 4.79 Å². The molecule has 1 aromatic carbocycles. The van der Waals surface area contributed by atoms with Gasteiger partial charge in [0.1, 0.15) is 12.1 Å². The van der Waals surface area contributed by atoms with Gasteiger partial charge >= 0.3 is 6.03 Å². The summed E-state index contributed by atoms with van der Waals surface area (Å²) in [5, 5.41) is 2.68. The van der Waals surface area contributed by atoms with Crippen LogP contribution in [0.4, 0.5) is 4.79 Å². The van der Waals surface area contributed by atoms with Crippen LogP contribution >= 0.6 is 0 Å². The number of hydrogen-bond donors (Lipinski definition) is 3. The van der Waals surface area contributed by atoms with Gasteiger partial charge < -0.3 is 5.32 Å². The third-order valence-electron chi connectivity index (χ3n) is 5.67. The molecule has 1 saturated heterocycles. The Morgan fingerprint density at radius 3 is 2.67 bits per heavy atom. The minimum atomic E-state index is -0.926. The average Bonchev–Trinajstić information content (AvgIpc) is 3.36. The summed E-state index contributed by atoms with van der Waals surface area (Å²) < 4.78 is 0. The molecule has 1 aromatic rings. The van der Waals surface area contributed by atoms with E-state index >= 15 is 0 Å². The van der Waals surface area contributed by atoms with E-state index in [9.17, 15) is 19.2 Å². The molecule has 8 nitrogen and oxygen atoms in total. The SMILES string of the molecule is C[C@]1(C2CC2)NC(=O)N(CC(=O)NNC(=O)c2ccc3c(c2)CCC3)C1=O. The van der Waals surface area contributed by atoms with Crippen molar-refractivity contribution in [3.8, 4) is 0 Å². The number of carbonyl (C=O) groups excluding carboxylic acids is 4. The van der Waals surface area contributed by atoms with Crippen molar-refractivity contribution in [1.82, 2.24) is 21.1 Å². The maximum Gasteiger partial charge on any atom is 0.325 e. The second-order valence-corrected chi connectivity index (χ2v) is 7.64. The summed E-state index contributed by atoms with van der Waals surface area (Å²) in [6, 6.07) is 4.92. The molecule has 2 aliphatic carbocycles. The third-order valence-corrected chi connectivity index (χ3v) is 5.67. The molecule has 27 heavy (non-hydrogen) atoms. The van der Waals surface area contributed by atoms with E-state index in [-0.39, 0.29) is 5.92 Å². The molecular weight excluding hydrogens is 348 g/mol. The molecule has 8 heteroatoms. The second-order valence-electron chi connectivity index (χ2n) is 7.64. The second kappa shape index (κ2) is 6.37. The molecule has 0 unspecified atom stereocenters. The predicted molar refractivity (Wildman–Crippen MR) is 95.4 cm³/mol. The minimum absolute atomic E-state index is 0.126. The van der Waals surface area contributed by atoms with Crippen LogP contribution in [0.3, 0.4) is 0 Å². The molecule has 3 aliphatic rings. The van der Waals surface area contributed by atoms with Crippen LogP contribution in [-0.4, -0.2) is 40.7 Å². The molecular formula is C19H22N4O4. The minimum Gasteiger partial charge on any atom is -0.323 e. The van der Waals surface area contributed by atoms with Crippen LogP contribution in [0.2, 0.25) is 0 Å². The number of urea groups is 1. The Morgan fingerprint density at radius 1 is 1.19 bits per heavy atom. The van der Waals surface area contributed by atoms with Gasteiger partial charge in [-0.15, -0.1) is 0 Å². The van der Waals surface area contributed by atoms with Crippen molar-refractivity contribution in [1.29, 1.82) is 0 Å². The van der Waals surface area contributed by atoms with E-state index in [1.807, 2.05) is 12.1 Å². The van der Waals surface area contributed by atoms with Gasteiger partial charge in [0.15, 0.2) is 0 Å². The van der Waals surface area contributed by atoms with Gasteiger partial charge in [-0.2, -0.15) is 0 Å². The lowest BCUT2D eigenvalue weighted by atomic mass is 9.96. The van der Waals surface area contributed by atoms with Crippen LogP contribution in [0.5, 0.6) is 0 Å². The third kappa shape index (κ3) is 3.15. The molecule has 0 bridgehead atoms. The summed E-state index contributed by atoms with van der Waals surface area (Å²) in [6.07, 6.45) is 4.84. The van der Waals surface area contributed by atoms with Crippen LogP contribution in [0.1, 0.15) is 47.7 Å². The van der Waals surface area contributed by atoms with Crippen molar-refractivity contribution in [2.45, 2.75) is 44.6 Å². The fraction of sp³-hybridized carbons (Fsp3) is 0.474. The predicted octanol–water partition coefficient (Wildman–Crippen LogP) is 0.657. The van der Waals surface area contributed by atoms with E-state index in [2.05, 4.69) is 16.2 Å². The van der Waals surface area contributed by atoms with Crippen molar-refractivity contribution in [2.75, 3.05) is 6.54 Å². The Balaban J connectivity index is 1.32. The smallest absolute Gasteiger partial charge is 0.323 e. The highest BCUT2D eigenvalue weighted by Gasteiger charge is 2.56. The Bertz CT molecular complexity index is 848. The van der Waals surface area contributed by atoms with Crippen LogP contribution in [0.25, 0.3) is 0 Å². The lowest BCUT2D eigenvalue weighted by Crippen LogP contribution is -2.49.